The van der Waals surface area contributed by atoms with Crippen LogP contribution in [0.3, 0.4) is 0 Å². The number of halogens is 3. The van der Waals surface area contributed by atoms with E-state index in [0.717, 1.165) is 34.2 Å². The van der Waals surface area contributed by atoms with Gasteiger partial charge in [0.25, 0.3) is 0 Å². The first-order valence-electron chi connectivity index (χ1n) is 9.71. The quantitative estimate of drug-likeness (QED) is 0.319. The lowest BCUT2D eigenvalue weighted by molar-refractivity contribution is -0.141. The van der Waals surface area contributed by atoms with E-state index < -0.39 is 24.0 Å². The van der Waals surface area contributed by atoms with Crippen molar-refractivity contribution in [3.63, 3.8) is 0 Å². The van der Waals surface area contributed by atoms with Gasteiger partial charge in [0.1, 0.15) is 0 Å². The van der Waals surface area contributed by atoms with Gasteiger partial charge in [-0.25, -0.2) is 4.79 Å². The molecule has 0 saturated heterocycles. The third-order valence-electron chi connectivity index (χ3n) is 5.51. The number of hydrogen-bond acceptors (Lipinski definition) is 3. The predicted octanol–water partition coefficient (Wildman–Crippen LogP) is 6.38. The zero-order valence-corrected chi connectivity index (χ0v) is 16.8. The molecule has 0 heterocycles. The van der Waals surface area contributed by atoms with E-state index >= 15 is 0 Å². The highest BCUT2D eigenvalue weighted by Gasteiger charge is 2.44. The number of hydrogen-bond donors (Lipinski definition) is 0. The minimum absolute atomic E-state index is 0.00204. The van der Waals surface area contributed by atoms with Crippen LogP contribution in [0.25, 0.3) is 11.1 Å². The predicted molar refractivity (Wildman–Crippen MR) is 107 cm³/mol. The number of benzene rings is 2. The van der Waals surface area contributed by atoms with Crippen LogP contribution < -0.4 is 0 Å². The molecule has 0 N–H and O–H groups in total. The fourth-order valence-corrected chi connectivity index (χ4v) is 4.31. The summed E-state index contributed by atoms with van der Waals surface area (Å²) in [6.45, 7) is 4.97. The van der Waals surface area contributed by atoms with E-state index in [2.05, 4.69) is 5.16 Å². The van der Waals surface area contributed by atoms with Gasteiger partial charge >= 0.3 is 12.1 Å². The maximum atomic E-state index is 13.2. The molecule has 3 nitrogen and oxygen atoms in total. The van der Waals surface area contributed by atoms with Crippen molar-refractivity contribution in [3.8, 4) is 11.1 Å². The van der Waals surface area contributed by atoms with Crippen LogP contribution in [0.2, 0.25) is 0 Å². The molecule has 1 aliphatic carbocycles. The highest BCUT2D eigenvalue weighted by atomic mass is 19.4. The molecule has 6 heteroatoms. The monoisotopic (exact) mass is 403 g/mol. The van der Waals surface area contributed by atoms with Crippen molar-refractivity contribution >= 4 is 11.7 Å². The van der Waals surface area contributed by atoms with Crippen molar-refractivity contribution < 1.29 is 22.8 Å². The number of carbonyl (C=O) groups is 1. The van der Waals surface area contributed by atoms with Crippen molar-refractivity contribution in [2.45, 2.75) is 58.0 Å². The van der Waals surface area contributed by atoms with Crippen LogP contribution in [0, 0.1) is 0 Å². The second kappa shape index (κ2) is 8.01. The Morgan fingerprint density at radius 2 is 1.72 bits per heavy atom. The molecular formula is C23H24F3NO2. The summed E-state index contributed by atoms with van der Waals surface area (Å²) in [7, 11) is 0. The van der Waals surface area contributed by atoms with Gasteiger partial charge in [-0.15, -0.1) is 0 Å². The second-order valence-corrected chi connectivity index (χ2v) is 7.51. The standard InChI is InChI=1S/C23H24F3NO2/c1-4-11-22(12-13-23(24,25)26)20-8-6-5-7-18(20)19-10-9-17(14-21(19)22)15(2)27-29-16(3)28/h5-10,14H,4,11-13H2,1-3H3/b27-15+. The molecule has 2 aromatic rings. The van der Waals surface area contributed by atoms with Crippen LogP contribution in [0.1, 0.15) is 63.1 Å². The Labute approximate surface area is 168 Å². The molecule has 29 heavy (non-hydrogen) atoms. The number of rotatable bonds is 6. The summed E-state index contributed by atoms with van der Waals surface area (Å²) in [5.41, 5.74) is 4.31. The van der Waals surface area contributed by atoms with Crippen molar-refractivity contribution in [2.75, 3.05) is 0 Å². The Morgan fingerprint density at radius 3 is 2.38 bits per heavy atom. The maximum absolute atomic E-state index is 13.2. The minimum atomic E-state index is -4.22. The lowest BCUT2D eigenvalue weighted by atomic mass is 9.71. The lowest BCUT2D eigenvalue weighted by Crippen LogP contribution is -2.28. The maximum Gasteiger partial charge on any atom is 0.389 e. The van der Waals surface area contributed by atoms with Crippen LogP contribution in [0.15, 0.2) is 47.6 Å². The number of fused-ring (bicyclic) bond motifs is 3. The number of nitrogens with zero attached hydrogens (tertiary/aromatic N) is 1. The highest BCUT2D eigenvalue weighted by Crippen LogP contribution is 2.54. The Hall–Kier alpha value is -2.63. The Balaban J connectivity index is 2.15. The second-order valence-electron chi connectivity index (χ2n) is 7.51. The Kier molecular flexibility index (Phi) is 5.82. The molecule has 0 amide bonds. The van der Waals surface area contributed by atoms with Gasteiger partial charge in [-0.1, -0.05) is 54.9 Å². The van der Waals surface area contributed by atoms with Crippen LogP contribution in [0.5, 0.6) is 0 Å². The third-order valence-corrected chi connectivity index (χ3v) is 5.51. The zero-order valence-electron chi connectivity index (χ0n) is 16.8. The first kappa shape index (κ1) is 21.1. The van der Waals surface area contributed by atoms with Gasteiger partial charge in [-0.05, 0) is 53.6 Å². The molecule has 0 aliphatic heterocycles. The fraction of sp³-hybridized carbons (Fsp3) is 0.391. The summed E-state index contributed by atoms with van der Waals surface area (Å²) in [5.74, 6) is -0.525. The van der Waals surface area contributed by atoms with Gasteiger partial charge in [0.05, 0.1) is 5.71 Å². The highest BCUT2D eigenvalue weighted by molar-refractivity contribution is 6.00. The molecule has 154 valence electrons. The van der Waals surface area contributed by atoms with Crippen LogP contribution in [0.4, 0.5) is 13.2 Å². The minimum Gasteiger partial charge on any atom is -0.318 e. The lowest BCUT2D eigenvalue weighted by Gasteiger charge is -2.33. The van der Waals surface area contributed by atoms with E-state index in [1.54, 1.807) is 6.92 Å². The van der Waals surface area contributed by atoms with Crippen molar-refractivity contribution in [1.29, 1.82) is 0 Å². The molecule has 1 atom stereocenters. The van der Waals surface area contributed by atoms with Crippen LogP contribution >= 0.6 is 0 Å². The Bertz CT molecular complexity index is 949. The third kappa shape index (κ3) is 4.21. The summed E-state index contributed by atoms with van der Waals surface area (Å²) < 4.78 is 39.6. The largest absolute Gasteiger partial charge is 0.389 e. The number of oxime groups is 1. The van der Waals surface area contributed by atoms with Crippen LogP contribution in [-0.4, -0.2) is 17.9 Å². The average molecular weight is 403 g/mol. The zero-order chi connectivity index (χ0) is 21.2. The molecule has 0 saturated carbocycles. The molecular weight excluding hydrogens is 379 g/mol. The molecule has 3 rings (SSSR count). The first-order chi connectivity index (χ1) is 13.7. The van der Waals surface area contributed by atoms with Crippen molar-refractivity contribution in [2.24, 2.45) is 5.16 Å². The SMILES string of the molecule is CCCC1(CCC(F)(F)F)c2ccccc2-c2ccc(/C(C)=N/OC(C)=O)cc21. The summed E-state index contributed by atoms with van der Waals surface area (Å²) >= 11 is 0. The van der Waals surface area contributed by atoms with E-state index in [9.17, 15) is 18.0 Å². The molecule has 1 aliphatic rings. The van der Waals surface area contributed by atoms with Gasteiger partial charge in [0.2, 0.25) is 0 Å². The van der Waals surface area contributed by atoms with E-state index in [1.165, 1.54) is 6.92 Å². The van der Waals surface area contributed by atoms with E-state index in [4.69, 9.17) is 4.84 Å². The molecule has 2 aromatic carbocycles. The smallest absolute Gasteiger partial charge is 0.318 e. The first-order valence-corrected chi connectivity index (χ1v) is 9.71. The summed E-state index contributed by atoms with van der Waals surface area (Å²) in [5, 5.41) is 3.83. The summed E-state index contributed by atoms with van der Waals surface area (Å²) in [4.78, 5) is 15.8. The molecule has 0 spiro atoms. The number of carbonyl (C=O) groups excluding carboxylic acids is 1. The number of alkyl halides is 3. The normalized spacial score (nSPS) is 18.3. The van der Waals surface area contributed by atoms with Gasteiger partial charge < -0.3 is 4.84 Å². The molecule has 0 radical (unpaired) electrons. The average Bonchev–Trinajstić information content (AvgIpc) is 2.94. The van der Waals surface area contributed by atoms with Gasteiger partial charge in [-0.3, -0.25) is 0 Å². The van der Waals surface area contributed by atoms with Crippen molar-refractivity contribution in [3.05, 3.63) is 59.2 Å². The molecule has 0 fully saturated rings. The fourth-order valence-electron chi connectivity index (χ4n) is 4.31. The molecule has 0 aromatic heterocycles. The summed E-state index contributed by atoms with van der Waals surface area (Å²) in [6.07, 6.45) is -3.68. The van der Waals surface area contributed by atoms with E-state index in [-0.39, 0.29) is 6.42 Å². The topological polar surface area (TPSA) is 38.7 Å². The van der Waals surface area contributed by atoms with Crippen molar-refractivity contribution in [1.82, 2.24) is 0 Å². The van der Waals surface area contributed by atoms with Gasteiger partial charge in [0.15, 0.2) is 0 Å². The Morgan fingerprint density at radius 1 is 1.03 bits per heavy atom. The van der Waals surface area contributed by atoms with Crippen LogP contribution in [-0.2, 0) is 15.0 Å². The summed E-state index contributed by atoms with van der Waals surface area (Å²) in [6, 6.07) is 13.4. The molecule has 1 unspecified atom stereocenters. The molecule has 0 bridgehead atoms. The van der Waals surface area contributed by atoms with Gasteiger partial charge in [0, 0.05) is 18.8 Å². The van der Waals surface area contributed by atoms with E-state index in [1.807, 2.05) is 49.4 Å². The van der Waals surface area contributed by atoms with E-state index in [0.29, 0.717) is 12.1 Å². The van der Waals surface area contributed by atoms with Gasteiger partial charge in [-0.2, -0.15) is 13.2 Å².